The minimum absolute atomic E-state index is 0. The van der Waals surface area contributed by atoms with Crippen LogP contribution in [0, 0.1) is 51.4 Å². The van der Waals surface area contributed by atoms with Crippen LogP contribution in [0.15, 0.2) is 0 Å². The first-order valence-electron chi connectivity index (χ1n) is 1.33. The normalized spacial score (nSPS) is 0.400. The molecule has 0 aliphatic carbocycles. The number of hydrogen-bond donors (Lipinski definition) is 0. The van der Waals surface area contributed by atoms with Gasteiger partial charge in [-0.3, -0.25) is 0 Å². The molecule has 0 aliphatic rings. The average Bonchev–Trinajstić information content (AvgIpc) is 2.03. The Bertz CT molecular complexity index is 43.0. The molecule has 0 aromatic carbocycles. The molecule has 0 saturated carbocycles. The molecule has 0 saturated heterocycles. The summed E-state index contributed by atoms with van der Waals surface area (Å²) in [6.07, 6.45) is 32.0. The molecule has 0 N–H and O–H groups in total. The van der Waals surface area contributed by atoms with Gasteiger partial charge in [0.05, 0.1) is 0 Å². The smallest absolute Gasteiger partial charge is 0.0776 e. The van der Waals surface area contributed by atoms with Gasteiger partial charge in [-0.1, -0.05) is 89.1 Å². The lowest BCUT2D eigenvalue weighted by Crippen LogP contribution is -0.576. The zero-order valence-corrected chi connectivity index (χ0v) is 4.62. The van der Waals surface area contributed by atoms with Crippen molar-refractivity contribution in [2.45, 2.75) is 89.1 Å². The number of hydrogen-bond acceptors (Lipinski definition) is 0. The van der Waals surface area contributed by atoms with Crippen molar-refractivity contribution in [3.63, 3.8) is 0 Å². The van der Waals surface area contributed by atoms with Gasteiger partial charge in [-0.05, 0) is 0 Å². The Morgan fingerprint density at radius 1 is 0.150 bits per heavy atom. The first-order chi connectivity index (χ1) is 4.00. The van der Waals surface area contributed by atoms with Crippen LogP contribution in [0.2, 0.25) is 0 Å². The minimum Gasteiger partial charge on any atom is -0.124 e. The molecule has 0 fully saturated rings. The van der Waals surface area contributed by atoms with Crippen molar-refractivity contribution < 1.29 is 0 Å². The number of terminal acetylenes is 4. The van der Waals surface area contributed by atoms with Crippen LogP contribution in [0.5, 0.6) is 0 Å². The van der Waals surface area contributed by atoms with Gasteiger partial charge in [-0.25, -0.2) is 0 Å². The van der Waals surface area contributed by atoms with E-state index in [-0.39, 0.29) is 89.1 Å². The van der Waals surface area contributed by atoms with E-state index < -0.39 is 0 Å². The Kier molecular flexibility index (Phi) is 79300. The largest absolute Gasteiger partial charge is 0.124 e. The summed E-state index contributed by atoms with van der Waals surface area (Å²) in [6.45, 7) is 0. The van der Waals surface area contributed by atoms with E-state index in [1.54, 1.807) is 0 Å². The van der Waals surface area contributed by atoms with Crippen LogP contribution in [-0.2, 0) is 0 Å². The van der Waals surface area contributed by atoms with E-state index in [9.17, 15) is 0 Å². The highest BCUT2D eigenvalue weighted by Crippen LogP contribution is 0.585. The summed E-state index contributed by atoms with van der Waals surface area (Å²) in [5.41, 5.74) is 0. The monoisotopic (exact) mass is 296 g/mol. The third-order valence-electron chi connectivity index (χ3n) is 0. The van der Waals surface area contributed by atoms with Crippen molar-refractivity contribution in [3.8, 4) is 51.4 Å². The minimum atomic E-state index is 0. The van der Waals surface area contributed by atoms with Crippen LogP contribution in [0.25, 0.3) is 0 Å². The molecule has 20 heavy (non-hydrogen) atoms. The van der Waals surface area contributed by atoms with Gasteiger partial charge in [0.15, 0.2) is 0 Å². The quantitative estimate of drug-likeness (QED) is 0.392. The van der Waals surface area contributed by atoms with E-state index in [2.05, 4.69) is 51.4 Å². The van der Waals surface area contributed by atoms with Crippen LogP contribution in [0.1, 0.15) is 89.1 Å². The molecule has 0 radical (unpaired) electrons. The summed E-state index contributed by atoms with van der Waals surface area (Å²) < 4.78 is 0. The maximum Gasteiger partial charge on any atom is -0.0776 e. The molecule has 0 aromatic rings. The van der Waals surface area contributed by atoms with Gasteiger partial charge in [0.25, 0.3) is 0 Å². The zero-order chi connectivity index (χ0) is 8.00. The lowest BCUT2D eigenvalue weighted by Gasteiger charge is -0.701. The average molecular weight is 297 g/mol. The Balaban J connectivity index is -0.000000000635. The second kappa shape index (κ2) is 1470. The summed E-state index contributed by atoms with van der Waals surface area (Å²) in [7, 11) is 0. The van der Waals surface area contributed by atoms with Gasteiger partial charge in [0.2, 0.25) is 0 Å². The van der Waals surface area contributed by atoms with E-state index in [1.165, 1.54) is 0 Å². The molecule has 0 bridgehead atoms. The Labute approximate surface area is 141 Å². The summed E-state index contributed by atoms with van der Waals surface area (Å²) in [5, 5.41) is 0. The second-order valence-corrected chi connectivity index (χ2v) is 0. The molecule has 0 heterocycles. The fraction of sp³-hybridized carbons (Fsp3) is 0.600. The zero-order valence-electron chi connectivity index (χ0n) is 4.62. The van der Waals surface area contributed by atoms with E-state index in [0.29, 0.717) is 0 Å². The molecule has 0 unspecified atom stereocenters. The standard InChI is InChI=1S/4C2H2.12CH4/c4*1-2;;;;;;;;;;;;/h4*1-2H;12*1H4. The van der Waals surface area contributed by atoms with Gasteiger partial charge in [0, 0.05) is 0 Å². The lowest BCUT2D eigenvalue weighted by molar-refractivity contribution is 2.50. The molecule has 0 heteroatoms. The SMILES string of the molecule is C.C.C.C.C.C.C.C.C.C.C.C.C#C.C#C.C#C.C#C. The summed E-state index contributed by atoms with van der Waals surface area (Å²) in [4.78, 5) is 0. The van der Waals surface area contributed by atoms with Crippen molar-refractivity contribution in [1.29, 1.82) is 0 Å². The molecule has 0 nitrogen and oxygen atoms in total. The van der Waals surface area contributed by atoms with E-state index in [1.807, 2.05) is 0 Å². The van der Waals surface area contributed by atoms with E-state index in [0.717, 1.165) is 0 Å². The highest BCUT2D eigenvalue weighted by atomic mass is 12.6. The van der Waals surface area contributed by atoms with Crippen LogP contribution in [-0.4, -0.2) is 0 Å². The summed E-state index contributed by atoms with van der Waals surface area (Å²) in [6, 6.07) is 0. The van der Waals surface area contributed by atoms with Crippen molar-refractivity contribution in [2.24, 2.45) is 0 Å². The predicted octanol–water partition coefficient (Wildman–Crippen LogP) is 8.63. The van der Waals surface area contributed by atoms with Crippen molar-refractivity contribution in [2.75, 3.05) is 0 Å². The third-order valence-corrected chi connectivity index (χ3v) is 0. The van der Waals surface area contributed by atoms with Crippen molar-refractivity contribution >= 4 is 0 Å². The fourth-order valence-corrected chi connectivity index (χ4v) is 0. The predicted molar refractivity (Wildman–Crippen MR) is 120 cm³/mol. The van der Waals surface area contributed by atoms with Gasteiger partial charge in [-0.15, -0.1) is 51.4 Å². The number of rotatable bonds is 0. The Hall–Kier alpha value is -1.76. The topological polar surface area (TPSA) is 0 Å². The summed E-state index contributed by atoms with van der Waals surface area (Å²) in [5.74, 6) is 0. The maximum absolute atomic E-state index is 4.00. The van der Waals surface area contributed by atoms with Crippen molar-refractivity contribution in [1.82, 2.24) is 0 Å². The molecule has 0 atom stereocenters. The van der Waals surface area contributed by atoms with Crippen LogP contribution >= 0.6 is 0 Å². The van der Waals surface area contributed by atoms with Gasteiger partial charge < -0.3 is 0 Å². The van der Waals surface area contributed by atoms with Gasteiger partial charge in [0.1, 0.15) is 0 Å². The van der Waals surface area contributed by atoms with Gasteiger partial charge >= 0.3 is 0 Å². The van der Waals surface area contributed by atoms with Crippen molar-refractivity contribution in [3.05, 3.63) is 0 Å². The van der Waals surface area contributed by atoms with E-state index in [4.69, 9.17) is 0 Å². The molecule has 0 amide bonds. The van der Waals surface area contributed by atoms with Crippen LogP contribution in [0.3, 0.4) is 0 Å². The first kappa shape index (κ1) is 1080. The molecular formula is C20H56. The molecule has 136 valence electrons. The molecule has 0 aliphatic heterocycles. The van der Waals surface area contributed by atoms with Crippen LogP contribution in [0.4, 0.5) is 0 Å². The fourth-order valence-electron chi connectivity index (χ4n) is 0. The maximum atomic E-state index is 4.00. The molecule has 0 aromatic heterocycles. The second-order valence-electron chi connectivity index (χ2n) is 0. The summed E-state index contributed by atoms with van der Waals surface area (Å²) >= 11 is 0. The first-order valence-corrected chi connectivity index (χ1v) is 1.33. The lowest BCUT2D eigenvalue weighted by atomic mass is 11.4. The highest BCUT2D eigenvalue weighted by molar-refractivity contribution is 4.47. The van der Waals surface area contributed by atoms with Gasteiger partial charge in [-0.2, -0.15) is 0 Å². The third kappa shape index (κ3) is 1220. The molecule has 0 spiro atoms. The van der Waals surface area contributed by atoms with Crippen LogP contribution < -0.4 is 0 Å². The molecular weight excluding hydrogens is 240 g/mol. The highest BCUT2D eigenvalue weighted by Gasteiger charge is 0.460. The Morgan fingerprint density at radius 2 is 0.150 bits per heavy atom. The van der Waals surface area contributed by atoms with E-state index >= 15 is 0 Å². The molecule has 0 rings (SSSR count). The Morgan fingerprint density at radius 3 is 0.150 bits per heavy atom.